The predicted molar refractivity (Wildman–Crippen MR) is 64.3 cm³/mol. The molecule has 0 unspecified atom stereocenters. The second-order valence-corrected chi connectivity index (χ2v) is 4.13. The standard InChI is InChI=1S/C10H17N5O4/c11-4-13-10-14-6(12)1-2-15(10)9-8(18)7(17)5(3-16)19-9/h1-2,5,7-9,16-18H,3-4,11H2,(H2,12,13,14)/t5-,7-,8-,9-/m1/s1. The van der Waals surface area contributed by atoms with Gasteiger partial charge in [-0.3, -0.25) is 4.57 Å². The van der Waals surface area contributed by atoms with Crippen molar-refractivity contribution in [1.29, 1.82) is 0 Å². The van der Waals surface area contributed by atoms with Crippen molar-refractivity contribution >= 4 is 5.82 Å². The fraction of sp³-hybridized carbons (Fsp3) is 0.600. The summed E-state index contributed by atoms with van der Waals surface area (Å²) in [7, 11) is 0. The van der Waals surface area contributed by atoms with Crippen LogP contribution in [-0.4, -0.2) is 56.5 Å². The van der Waals surface area contributed by atoms with Gasteiger partial charge in [-0.25, -0.2) is 4.99 Å². The predicted octanol–water partition coefficient (Wildman–Crippen LogP) is -3.11. The Hall–Kier alpha value is -1.52. The number of nitrogens with two attached hydrogens (primary N) is 2. The number of aliphatic hydroxyl groups is 3. The van der Waals surface area contributed by atoms with E-state index in [2.05, 4.69) is 9.98 Å². The molecule has 1 saturated heterocycles. The molecular weight excluding hydrogens is 254 g/mol. The Morgan fingerprint density at radius 3 is 2.74 bits per heavy atom. The van der Waals surface area contributed by atoms with E-state index in [9.17, 15) is 10.2 Å². The van der Waals surface area contributed by atoms with Gasteiger partial charge in [-0.15, -0.1) is 0 Å². The lowest BCUT2D eigenvalue weighted by atomic mass is 10.1. The molecule has 1 fully saturated rings. The Balaban J connectivity index is 2.40. The van der Waals surface area contributed by atoms with Gasteiger partial charge in [0, 0.05) is 6.20 Å². The van der Waals surface area contributed by atoms with Crippen LogP contribution < -0.4 is 17.1 Å². The smallest absolute Gasteiger partial charge is 0.230 e. The number of anilines is 1. The third-order valence-electron chi connectivity index (χ3n) is 2.89. The van der Waals surface area contributed by atoms with Gasteiger partial charge in [-0.1, -0.05) is 0 Å². The van der Waals surface area contributed by atoms with Gasteiger partial charge in [0.15, 0.2) is 6.23 Å². The third-order valence-corrected chi connectivity index (χ3v) is 2.89. The first-order chi connectivity index (χ1) is 9.08. The van der Waals surface area contributed by atoms with Crippen LogP contribution >= 0.6 is 0 Å². The van der Waals surface area contributed by atoms with Crippen molar-refractivity contribution in [2.75, 3.05) is 19.0 Å². The first-order valence-corrected chi connectivity index (χ1v) is 5.76. The number of ether oxygens (including phenoxy) is 1. The van der Waals surface area contributed by atoms with Crippen molar-refractivity contribution in [2.24, 2.45) is 10.7 Å². The topological polar surface area (TPSA) is 152 Å². The largest absolute Gasteiger partial charge is 0.394 e. The molecule has 9 nitrogen and oxygen atoms in total. The summed E-state index contributed by atoms with van der Waals surface area (Å²) >= 11 is 0. The molecule has 1 aromatic rings. The molecule has 0 radical (unpaired) electrons. The molecule has 0 bridgehead atoms. The monoisotopic (exact) mass is 271 g/mol. The maximum atomic E-state index is 9.94. The normalized spacial score (nSPS) is 31.9. The molecule has 0 saturated carbocycles. The molecule has 9 heteroatoms. The number of rotatable bonds is 3. The lowest BCUT2D eigenvalue weighted by Gasteiger charge is -2.18. The summed E-state index contributed by atoms with van der Waals surface area (Å²) in [6.07, 6.45) is -2.65. The van der Waals surface area contributed by atoms with E-state index in [1.807, 2.05) is 0 Å². The highest BCUT2D eigenvalue weighted by molar-refractivity contribution is 5.23. The lowest BCUT2D eigenvalue weighted by molar-refractivity contribution is -0.0553. The van der Waals surface area contributed by atoms with E-state index in [1.165, 1.54) is 16.8 Å². The second kappa shape index (κ2) is 5.63. The van der Waals surface area contributed by atoms with Gasteiger partial charge >= 0.3 is 0 Å². The number of nitrogen functional groups attached to an aromatic ring is 1. The van der Waals surface area contributed by atoms with E-state index >= 15 is 0 Å². The summed E-state index contributed by atoms with van der Waals surface area (Å²) in [5.74, 6) is 0.246. The van der Waals surface area contributed by atoms with Crippen molar-refractivity contribution in [1.82, 2.24) is 9.55 Å². The fourth-order valence-electron chi connectivity index (χ4n) is 1.94. The zero-order chi connectivity index (χ0) is 14.0. The van der Waals surface area contributed by atoms with Crippen LogP contribution in [0.5, 0.6) is 0 Å². The third kappa shape index (κ3) is 2.60. The minimum Gasteiger partial charge on any atom is -0.394 e. The summed E-state index contributed by atoms with van der Waals surface area (Å²) in [5.41, 5.74) is 11.1. The Morgan fingerprint density at radius 1 is 1.42 bits per heavy atom. The molecule has 0 spiro atoms. The van der Waals surface area contributed by atoms with Gasteiger partial charge in [0.05, 0.1) is 13.3 Å². The van der Waals surface area contributed by atoms with Crippen LogP contribution in [0, 0.1) is 0 Å². The van der Waals surface area contributed by atoms with Crippen molar-refractivity contribution in [3.8, 4) is 0 Å². The van der Waals surface area contributed by atoms with E-state index < -0.39 is 31.1 Å². The average Bonchev–Trinajstić information content (AvgIpc) is 2.67. The summed E-state index contributed by atoms with van der Waals surface area (Å²) in [5, 5.41) is 28.7. The van der Waals surface area contributed by atoms with Crippen LogP contribution in [0.4, 0.5) is 5.82 Å². The van der Waals surface area contributed by atoms with Crippen LogP contribution in [0.25, 0.3) is 0 Å². The summed E-state index contributed by atoms with van der Waals surface area (Å²) in [6.45, 7) is -0.410. The Labute approximate surface area is 108 Å². The molecule has 1 aliphatic heterocycles. The van der Waals surface area contributed by atoms with E-state index in [0.29, 0.717) is 0 Å². The highest BCUT2D eigenvalue weighted by Crippen LogP contribution is 2.27. The maximum absolute atomic E-state index is 9.94. The Morgan fingerprint density at radius 2 is 2.16 bits per heavy atom. The number of hydrogen-bond acceptors (Lipinski definition) is 8. The number of hydrogen-bond donors (Lipinski definition) is 5. The maximum Gasteiger partial charge on any atom is 0.230 e. The lowest BCUT2D eigenvalue weighted by Crippen LogP contribution is -2.36. The SMILES string of the molecule is NCN=c1nc(N)ccn1[C@@H]1O[C@H](CO)[C@@H](O)[C@H]1O. The molecule has 7 N–H and O–H groups in total. The van der Waals surface area contributed by atoms with Gasteiger partial charge < -0.3 is 31.5 Å². The first-order valence-electron chi connectivity index (χ1n) is 5.76. The number of aliphatic hydroxyl groups excluding tert-OH is 3. The Bertz CT molecular complexity index is 505. The molecule has 0 aromatic carbocycles. The van der Waals surface area contributed by atoms with E-state index in [4.69, 9.17) is 21.3 Å². The van der Waals surface area contributed by atoms with Crippen molar-refractivity contribution in [2.45, 2.75) is 24.5 Å². The van der Waals surface area contributed by atoms with Gasteiger partial charge in [-0.05, 0) is 6.07 Å². The van der Waals surface area contributed by atoms with Crippen LogP contribution in [0.2, 0.25) is 0 Å². The molecule has 2 rings (SSSR count). The van der Waals surface area contributed by atoms with Crippen LogP contribution in [-0.2, 0) is 4.74 Å². The van der Waals surface area contributed by atoms with Crippen LogP contribution in [0.1, 0.15) is 6.23 Å². The minimum absolute atomic E-state index is 0.00868. The van der Waals surface area contributed by atoms with E-state index in [-0.39, 0.29) is 18.1 Å². The van der Waals surface area contributed by atoms with Crippen molar-refractivity contribution in [3.63, 3.8) is 0 Å². The second-order valence-electron chi connectivity index (χ2n) is 4.13. The first kappa shape index (κ1) is 13.9. The van der Waals surface area contributed by atoms with E-state index in [1.54, 1.807) is 0 Å². The van der Waals surface area contributed by atoms with Crippen molar-refractivity contribution in [3.05, 3.63) is 17.9 Å². The molecular formula is C10H17N5O4. The molecule has 106 valence electrons. The highest BCUT2D eigenvalue weighted by Gasteiger charge is 2.43. The number of nitrogens with zero attached hydrogens (tertiary/aromatic N) is 3. The molecule has 1 aliphatic rings. The zero-order valence-electron chi connectivity index (χ0n) is 10.1. The summed E-state index contributed by atoms with van der Waals surface area (Å²) in [4.78, 5) is 7.91. The summed E-state index contributed by atoms with van der Waals surface area (Å²) in [6, 6.07) is 1.50. The average molecular weight is 271 g/mol. The molecule has 0 aliphatic carbocycles. The minimum atomic E-state index is -1.21. The molecule has 4 atom stereocenters. The zero-order valence-corrected chi connectivity index (χ0v) is 10.1. The summed E-state index contributed by atoms with van der Waals surface area (Å²) < 4.78 is 6.79. The molecule has 19 heavy (non-hydrogen) atoms. The van der Waals surface area contributed by atoms with Crippen LogP contribution in [0.15, 0.2) is 17.3 Å². The van der Waals surface area contributed by atoms with Gasteiger partial charge in [0.2, 0.25) is 5.62 Å². The van der Waals surface area contributed by atoms with Crippen molar-refractivity contribution < 1.29 is 20.1 Å². The van der Waals surface area contributed by atoms with E-state index in [0.717, 1.165) is 0 Å². The molecule has 1 aromatic heterocycles. The molecule has 2 heterocycles. The Kier molecular flexibility index (Phi) is 4.12. The fourth-order valence-corrected chi connectivity index (χ4v) is 1.94. The van der Waals surface area contributed by atoms with Gasteiger partial charge in [0.1, 0.15) is 24.1 Å². The quantitative estimate of drug-likeness (QED) is 0.390. The van der Waals surface area contributed by atoms with Gasteiger partial charge in [0.25, 0.3) is 0 Å². The van der Waals surface area contributed by atoms with Crippen LogP contribution in [0.3, 0.4) is 0 Å². The van der Waals surface area contributed by atoms with Gasteiger partial charge in [-0.2, -0.15) is 4.98 Å². The molecule has 0 amide bonds. The highest BCUT2D eigenvalue weighted by atomic mass is 16.6. The number of aromatic nitrogens is 2.